The highest BCUT2D eigenvalue weighted by atomic mass is 32.1. The molecule has 0 saturated heterocycles. The number of anilines is 1. The molecule has 0 radical (unpaired) electrons. The maximum atomic E-state index is 5.71. The number of rotatable bonds is 3. The van der Waals surface area contributed by atoms with E-state index < -0.39 is 0 Å². The monoisotopic (exact) mass is 220 g/mol. The molecule has 3 N–H and O–H groups in total. The minimum absolute atomic E-state index is 0.0517. The van der Waals surface area contributed by atoms with E-state index in [0.29, 0.717) is 6.54 Å². The third kappa shape index (κ3) is 2.13. The number of fused-ring (bicyclic) bond motifs is 1. The first-order valence-electron chi connectivity index (χ1n) is 5.07. The van der Waals surface area contributed by atoms with Crippen LogP contribution in [0.25, 0.3) is 10.1 Å². The van der Waals surface area contributed by atoms with Crippen LogP contribution in [0.3, 0.4) is 0 Å². The Hall–Kier alpha value is -1.06. The van der Waals surface area contributed by atoms with Crippen LogP contribution in [-0.4, -0.2) is 12.1 Å². The molecular weight excluding hydrogens is 204 g/mol. The lowest BCUT2D eigenvalue weighted by Gasteiger charge is -2.25. The quantitative estimate of drug-likeness (QED) is 0.834. The van der Waals surface area contributed by atoms with Gasteiger partial charge in [0.15, 0.2) is 0 Å². The van der Waals surface area contributed by atoms with Gasteiger partial charge in [0.05, 0.1) is 5.69 Å². The fourth-order valence-electron chi connectivity index (χ4n) is 1.49. The molecule has 0 spiro atoms. The normalized spacial score (nSPS) is 11.9. The molecule has 2 rings (SSSR count). The van der Waals surface area contributed by atoms with Gasteiger partial charge in [0.25, 0.3) is 0 Å². The third-order valence-corrected chi connectivity index (χ3v) is 3.43. The predicted octanol–water partition coefficient (Wildman–Crippen LogP) is 3.05. The molecule has 0 fully saturated rings. The summed E-state index contributed by atoms with van der Waals surface area (Å²) in [5, 5.41) is 6.91. The second-order valence-corrected chi connectivity index (χ2v) is 5.27. The van der Waals surface area contributed by atoms with Gasteiger partial charge in [0, 0.05) is 27.5 Å². The van der Waals surface area contributed by atoms with Crippen LogP contribution in [0.2, 0.25) is 0 Å². The van der Waals surface area contributed by atoms with Crippen molar-refractivity contribution in [2.24, 2.45) is 5.73 Å². The Balaban J connectivity index is 2.37. The second-order valence-electron chi connectivity index (χ2n) is 4.36. The van der Waals surface area contributed by atoms with Gasteiger partial charge < -0.3 is 11.1 Å². The van der Waals surface area contributed by atoms with E-state index in [9.17, 15) is 0 Å². The van der Waals surface area contributed by atoms with Gasteiger partial charge in [-0.1, -0.05) is 18.2 Å². The van der Waals surface area contributed by atoms with Gasteiger partial charge in [-0.3, -0.25) is 0 Å². The molecule has 1 aromatic heterocycles. The van der Waals surface area contributed by atoms with Crippen LogP contribution in [0.1, 0.15) is 13.8 Å². The number of thiophene rings is 1. The van der Waals surface area contributed by atoms with E-state index in [1.807, 2.05) is 0 Å². The van der Waals surface area contributed by atoms with Crippen molar-refractivity contribution < 1.29 is 0 Å². The maximum Gasteiger partial charge on any atom is 0.0533 e. The summed E-state index contributed by atoms with van der Waals surface area (Å²) in [4.78, 5) is 0. The third-order valence-electron chi connectivity index (χ3n) is 2.46. The summed E-state index contributed by atoms with van der Waals surface area (Å²) in [7, 11) is 0. The van der Waals surface area contributed by atoms with Crippen molar-refractivity contribution in [1.82, 2.24) is 0 Å². The van der Waals surface area contributed by atoms with E-state index in [1.54, 1.807) is 11.3 Å². The smallest absolute Gasteiger partial charge is 0.0533 e. The zero-order valence-corrected chi connectivity index (χ0v) is 9.90. The van der Waals surface area contributed by atoms with Gasteiger partial charge in [-0.15, -0.1) is 11.3 Å². The number of benzene rings is 1. The number of nitrogens with two attached hydrogens (primary N) is 1. The first kappa shape index (κ1) is 10.5. The van der Waals surface area contributed by atoms with Crippen molar-refractivity contribution in [3.8, 4) is 0 Å². The highest BCUT2D eigenvalue weighted by Gasteiger charge is 2.16. The summed E-state index contributed by atoms with van der Waals surface area (Å²) >= 11 is 1.76. The Kier molecular flexibility index (Phi) is 2.67. The van der Waals surface area contributed by atoms with Crippen LogP contribution in [0.4, 0.5) is 5.69 Å². The fraction of sp³-hybridized carbons (Fsp3) is 0.333. The fourth-order valence-corrected chi connectivity index (χ4v) is 2.38. The molecule has 0 aliphatic heterocycles. The molecule has 1 aromatic carbocycles. The molecule has 2 aromatic rings. The Bertz CT molecular complexity index is 459. The molecule has 15 heavy (non-hydrogen) atoms. The zero-order valence-electron chi connectivity index (χ0n) is 9.08. The standard InChI is InChI=1S/C12H16N2S/c1-12(2,8-13)14-10-7-15-11-6-4-3-5-9(10)11/h3-7,14H,8,13H2,1-2H3. The van der Waals surface area contributed by atoms with Crippen LogP contribution in [0.15, 0.2) is 29.6 Å². The van der Waals surface area contributed by atoms with Crippen molar-refractivity contribution in [1.29, 1.82) is 0 Å². The van der Waals surface area contributed by atoms with Crippen LogP contribution in [-0.2, 0) is 0 Å². The Morgan fingerprint density at radius 3 is 2.80 bits per heavy atom. The Labute approximate surface area is 94.1 Å². The largest absolute Gasteiger partial charge is 0.378 e. The molecule has 0 aliphatic rings. The number of hydrogen-bond donors (Lipinski definition) is 2. The van der Waals surface area contributed by atoms with Crippen molar-refractivity contribution in [2.45, 2.75) is 19.4 Å². The lowest BCUT2D eigenvalue weighted by atomic mass is 10.1. The van der Waals surface area contributed by atoms with E-state index in [1.165, 1.54) is 15.8 Å². The maximum absolute atomic E-state index is 5.71. The molecule has 0 amide bonds. The van der Waals surface area contributed by atoms with E-state index in [0.717, 1.165) is 0 Å². The van der Waals surface area contributed by atoms with Crippen molar-refractivity contribution in [3.05, 3.63) is 29.6 Å². The lowest BCUT2D eigenvalue weighted by Crippen LogP contribution is -2.39. The van der Waals surface area contributed by atoms with Crippen LogP contribution in [0.5, 0.6) is 0 Å². The average Bonchev–Trinajstić information content (AvgIpc) is 2.62. The minimum atomic E-state index is -0.0517. The van der Waals surface area contributed by atoms with E-state index in [4.69, 9.17) is 5.73 Å². The van der Waals surface area contributed by atoms with Crippen LogP contribution < -0.4 is 11.1 Å². The molecule has 80 valence electrons. The van der Waals surface area contributed by atoms with Gasteiger partial charge in [-0.25, -0.2) is 0 Å². The van der Waals surface area contributed by atoms with E-state index >= 15 is 0 Å². The molecule has 0 bridgehead atoms. The molecule has 3 heteroatoms. The van der Waals surface area contributed by atoms with Crippen molar-refractivity contribution >= 4 is 27.1 Å². The number of nitrogens with one attached hydrogen (secondary N) is 1. The van der Waals surface area contributed by atoms with Crippen LogP contribution >= 0.6 is 11.3 Å². The summed E-state index contributed by atoms with van der Waals surface area (Å²) in [5.74, 6) is 0. The highest BCUT2D eigenvalue weighted by Crippen LogP contribution is 2.31. The van der Waals surface area contributed by atoms with E-state index in [2.05, 4.69) is 48.8 Å². The summed E-state index contributed by atoms with van der Waals surface area (Å²) in [6.45, 7) is 4.84. The topological polar surface area (TPSA) is 38.0 Å². The molecule has 0 unspecified atom stereocenters. The Morgan fingerprint density at radius 1 is 1.33 bits per heavy atom. The van der Waals surface area contributed by atoms with Gasteiger partial charge in [0.2, 0.25) is 0 Å². The first-order chi connectivity index (χ1) is 7.12. The SMILES string of the molecule is CC(C)(CN)Nc1csc2ccccc12. The van der Waals surface area contributed by atoms with Crippen molar-refractivity contribution in [2.75, 3.05) is 11.9 Å². The molecule has 0 saturated carbocycles. The average molecular weight is 220 g/mol. The molecular formula is C12H16N2S. The number of hydrogen-bond acceptors (Lipinski definition) is 3. The predicted molar refractivity (Wildman–Crippen MR) is 68.6 cm³/mol. The van der Waals surface area contributed by atoms with E-state index in [-0.39, 0.29) is 5.54 Å². The van der Waals surface area contributed by atoms with Gasteiger partial charge >= 0.3 is 0 Å². The first-order valence-corrected chi connectivity index (χ1v) is 5.95. The lowest BCUT2D eigenvalue weighted by molar-refractivity contribution is 0.581. The highest BCUT2D eigenvalue weighted by molar-refractivity contribution is 7.17. The molecule has 0 atom stereocenters. The van der Waals surface area contributed by atoms with Gasteiger partial charge in [-0.05, 0) is 19.9 Å². The van der Waals surface area contributed by atoms with Crippen LogP contribution in [0, 0.1) is 0 Å². The van der Waals surface area contributed by atoms with Crippen molar-refractivity contribution in [3.63, 3.8) is 0 Å². The molecule has 0 aliphatic carbocycles. The summed E-state index contributed by atoms with van der Waals surface area (Å²) in [6, 6.07) is 8.41. The minimum Gasteiger partial charge on any atom is -0.378 e. The van der Waals surface area contributed by atoms with Gasteiger partial charge in [-0.2, -0.15) is 0 Å². The Morgan fingerprint density at radius 2 is 2.07 bits per heavy atom. The summed E-state index contributed by atoms with van der Waals surface area (Å²) < 4.78 is 1.31. The second kappa shape index (κ2) is 3.83. The molecule has 1 heterocycles. The summed E-state index contributed by atoms with van der Waals surface area (Å²) in [5.41, 5.74) is 6.84. The summed E-state index contributed by atoms with van der Waals surface area (Å²) in [6.07, 6.45) is 0. The zero-order chi connectivity index (χ0) is 10.9. The van der Waals surface area contributed by atoms with Gasteiger partial charge in [0.1, 0.15) is 0 Å². The molecule has 2 nitrogen and oxygen atoms in total.